The van der Waals surface area contributed by atoms with E-state index in [1.54, 1.807) is 12.2 Å². The van der Waals surface area contributed by atoms with Gasteiger partial charge in [-0.2, -0.15) is 0 Å². The van der Waals surface area contributed by atoms with Gasteiger partial charge in [-0.25, -0.2) is 0 Å². The first kappa shape index (κ1) is 13.6. The molecule has 4 N–H and O–H groups in total. The van der Waals surface area contributed by atoms with Crippen LogP contribution in [0.25, 0.3) is 0 Å². The summed E-state index contributed by atoms with van der Waals surface area (Å²) in [5.41, 5.74) is 0. The van der Waals surface area contributed by atoms with Crippen LogP contribution in [-0.4, -0.2) is 45.8 Å². The Hall–Kier alpha value is -0.420. The van der Waals surface area contributed by atoms with E-state index in [0.717, 1.165) is 0 Å². The fourth-order valence-corrected chi connectivity index (χ4v) is 1.04. The van der Waals surface area contributed by atoms with Gasteiger partial charge in [0.15, 0.2) is 0 Å². The Morgan fingerprint density at radius 3 is 1.43 bits per heavy atom. The van der Waals surface area contributed by atoms with Crippen LogP contribution in [0, 0.1) is 0 Å². The molecule has 84 valence electrons. The lowest BCUT2D eigenvalue weighted by molar-refractivity contribution is 0.131. The molecule has 0 aromatic rings. The third-order valence-corrected chi connectivity index (χ3v) is 1.91. The molecule has 2 unspecified atom stereocenters. The summed E-state index contributed by atoms with van der Waals surface area (Å²) in [6.07, 6.45) is 4.28. The number of hydrogen-bond donors (Lipinski definition) is 4. The van der Waals surface area contributed by atoms with Crippen molar-refractivity contribution in [3.05, 3.63) is 12.2 Å². The molecule has 0 aliphatic heterocycles. The molecule has 0 radical (unpaired) electrons. The van der Waals surface area contributed by atoms with Crippen LogP contribution in [0.3, 0.4) is 0 Å². The van der Waals surface area contributed by atoms with Gasteiger partial charge in [0, 0.05) is 13.2 Å². The molecule has 0 aliphatic carbocycles. The van der Waals surface area contributed by atoms with Crippen LogP contribution in [0.15, 0.2) is 12.2 Å². The summed E-state index contributed by atoms with van der Waals surface area (Å²) in [6.45, 7) is -0.0235. The molecular formula is C10H20O4. The lowest BCUT2D eigenvalue weighted by Crippen LogP contribution is -2.08. The molecular weight excluding hydrogens is 184 g/mol. The summed E-state index contributed by atoms with van der Waals surface area (Å²) < 4.78 is 0. The average Bonchev–Trinajstić information content (AvgIpc) is 2.13. The molecule has 0 aromatic heterocycles. The van der Waals surface area contributed by atoms with Crippen LogP contribution >= 0.6 is 0 Å². The minimum Gasteiger partial charge on any atom is -0.396 e. The summed E-state index contributed by atoms with van der Waals surface area (Å²) in [5.74, 6) is 0. The predicted molar refractivity (Wildman–Crippen MR) is 53.8 cm³/mol. The predicted octanol–water partition coefficient (Wildman–Crippen LogP) is -0.191. The van der Waals surface area contributed by atoms with Crippen LogP contribution in [0.2, 0.25) is 0 Å². The van der Waals surface area contributed by atoms with Gasteiger partial charge in [-0.15, -0.1) is 0 Å². The quantitative estimate of drug-likeness (QED) is 0.413. The molecule has 0 fully saturated rings. The smallest absolute Gasteiger partial charge is 0.0596 e. The lowest BCUT2D eigenvalue weighted by atomic mass is 10.1. The summed E-state index contributed by atoms with van der Waals surface area (Å²) in [6, 6.07) is 0. The second-order valence-corrected chi connectivity index (χ2v) is 3.28. The number of aliphatic hydroxyl groups is 4. The molecule has 0 bridgehead atoms. The van der Waals surface area contributed by atoms with E-state index in [0.29, 0.717) is 25.7 Å². The Morgan fingerprint density at radius 2 is 1.14 bits per heavy atom. The third-order valence-electron chi connectivity index (χ3n) is 1.91. The maximum absolute atomic E-state index is 9.20. The van der Waals surface area contributed by atoms with Crippen molar-refractivity contribution >= 4 is 0 Å². The van der Waals surface area contributed by atoms with Gasteiger partial charge in [0.25, 0.3) is 0 Å². The first-order valence-corrected chi connectivity index (χ1v) is 4.93. The first-order chi connectivity index (χ1) is 6.70. The highest BCUT2D eigenvalue weighted by Gasteiger charge is 2.01. The SMILES string of the molecule is OCCC(O)C/C=C\CC(O)CCO. The van der Waals surface area contributed by atoms with Crippen molar-refractivity contribution in [3.8, 4) is 0 Å². The Bertz CT molecular complexity index is 131. The van der Waals surface area contributed by atoms with Gasteiger partial charge in [-0.05, 0) is 25.7 Å². The number of aliphatic hydroxyl groups excluding tert-OH is 4. The van der Waals surface area contributed by atoms with E-state index in [4.69, 9.17) is 10.2 Å². The first-order valence-electron chi connectivity index (χ1n) is 4.93. The molecule has 2 atom stereocenters. The van der Waals surface area contributed by atoms with Gasteiger partial charge in [0.2, 0.25) is 0 Å². The third kappa shape index (κ3) is 8.19. The average molecular weight is 204 g/mol. The minimum atomic E-state index is -0.508. The van der Waals surface area contributed by atoms with Crippen LogP contribution in [0.1, 0.15) is 25.7 Å². The van der Waals surface area contributed by atoms with Crippen molar-refractivity contribution in [2.75, 3.05) is 13.2 Å². The lowest BCUT2D eigenvalue weighted by Gasteiger charge is -2.06. The van der Waals surface area contributed by atoms with Crippen molar-refractivity contribution in [1.82, 2.24) is 0 Å². The summed E-state index contributed by atoms with van der Waals surface area (Å²) in [7, 11) is 0. The van der Waals surface area contributed by atoms with Crippen molar-refractivity contribution in [2.24, 2.45) is 0 Å². The van der Waals surface area contributed by atoms with E-state index in [1.807, 2.05) is 0 Å². The zero-order valence-corrected chi connectivity index (χ0v) is 8.34. The molecule has 0 saturated carbocycles. The van der Waals surface area contributed by atoms with Gasteiger partial charge >= 0.3 is 0 Å². The van der Waals surface area contributed by atoms with E-state index in [2.05, 4.69) is 0 Å². The topological polar surface area (TPSA) is 80.9 Å². The highest BCUT2D eigenvalue weighted by molar-refractivity contribution is 4.86. The molecule has 0 amide bonds. The fraction of sp³-hybridized carbons (Fsp3) is 0.800. The highest BCUT2D eigenvalue weighted by atomic mass is 16.3. The highest BCUT2D eigenvalue weighted by Crippen LogP contribution is 2.02. The Balaban J connectivity index is 3.43. The van der Waals surface area contributed by atoms with Gasteiger partial charge in [0.05, 0.1) is 12.2 Å². The van der Waals surface area contributed by atoms with E-state index >= 15 is 0 Å². The van der Waals surface area contributed by atoms with E-state index in [1.165, 1.54) is 0 Å². The molecule has 0 heterocycles. The van der Waals surface area contributed by atoms with E-state index in [9.17, 15) is 10.2 Å². The molecule has 0 aliphatic rings. The zero-order chi connectivity index (χ0) is 10.8. The Morgan fingerprint density at radius 1 is 0.786 bits per heavy atom. The van der Waals surface area contributed by atoms with Crippen molar-refractivity contribution in [1.29, 1.82) is 0 Å². The Labute approximate surface area is 84.5 Å². The van der Waals surface area contributed by atoms with Crippen molar-refractivity contribution < 1.29 is 20.4 Å². The number of hydrogen-bond acceptors (Lipinski definition) is 4. The fourth-order valence-electron chi connectivity index (χ4n) is 1.04. The minimum absolute atomic E-state index is 0.0118. The summed E-state index contributed by atoms with van der Waals surface area (Å²) in [4.78, 5) is 0. The second-order valence-electron chi connectivity index (χ2n) is 3.28. The van der Waals surface area contributed by atoms with E-state index < -0.39 is 12.2 Å². The van der Waals surface area contributed by atoms with Crippen LogP contribution in [0.5, 0.6) is 0 Å². The van der Waals surface area contributed by atoms with Crippen LogP contribution < -0.4 is 0 Å². The number of rotatable bonds is 8. The van der Waals surface area contributed by atoms with Gasteiger partial charge < -0.3 is 20.4 Å². The van der Waals surface area contributed by atoms with Gasteiger partial charge in [0.1, 0.15) is 0 Å². The van der Waals surface area contributed by atoms with Crippen LogP contribution in [0.4, 0.5) is 0 Å². The monoisotopic (exact) mass is 204 g/mol. The van der Waals surface area contributed by atoms with Gasteiger partial charge in [-0.3, -0.25) is 0 Å². The van der Waals surface area contributed by atoms with Gasteiger partial charge in [-0.1, -0.05) is 12.2 Å². The second kappa shape index (κ2) is 9.15. The normalized spacial score (nSPS) is 16.0. The standard InChI is InChI=1S/C10H20O4/c11-7-5-9(13)3-1-2-4-10(14)6-8-12/h1-2,9-14H,3-8H2/b2-1-. The maximum Gasteiger partial charge on any atom is 0.0596 e. The molecule has 4 nitrogen and oxygen atoms in total. The Kier molecular flexibility index (Phi) is 8.87. The van der Waals surface area contributed by atoms with E-state index in [-0.39, 0.29) is 13.2 Å². The molecule has 14 heavy (non-hydrogen) atoms. The zero-order valence-electron chi connectivity index (χ0n) is 8.34. The van der Waals surface area contributed by atoms with Crippen molar-refractivity contribution in [3.63, 3.8) is 0 Å². The molecule has 0 aromatic carbocycles. The molecule has 0 saturated heterocycles. The molecule has 4 heteroatoms. The summed E-state index contributed by atoms with van der Waals surface area (Å²) >= 11 is 0. The largest absolute Gasteiger partial charge is 0.396 e. The molecule has 0 rings (SSSR count). The maximum atomic E-state index is 9.20. The van der Waals surface area contributed by atoms with Crippen molar-refractivity contribution in [2.45, 2.75) is 37.9 Å². The summed E-state index contributed by atoms with van der Waals surface area (Å²) in [5, 5.41) is 35.4. The van der Waals surface area contributed by atoms with Crippen LogP contribution in [-0.2, 0) is 0 Å². The molecule has 0 spiro atoms.